The Bertz CT molecular complexity index is 305. The molecule has 0 amide bonds. The van der Waals surface area contributed by atoms with Gasteiger partial charge in [0.15, 0.2) is 0 Å². The van der Waals surface area contributed by atoms with Crippen molar-refractivity contribution in [2.75, 3.05) is 13.2 Å². The summed E-state index contributed by atoms with van der Waals surface area (Å²) in [6, 6.07) is 0.794. The molecule has 1 N–H and O–H groups in total. The number of hydrogen-bond acceptors (Lipinski definition) is 2. The molecule has 3 fully saturated rings. The van der Waals surface area contributed by atoms with Crippen molar-refractivity contribution in [2.45, 2.75) is 95.6 Å². The molecule has 2 heteroatoms. The van der Waals surface area contributed by atoms with E-state index in [0.29, 0.717) is 0 Å². The van der Waals surface area contributed by atoms with Gasteiger partial charge in [-0.05, 0) is 63.3 Å². The predicted octanol–water partition coefficient (Wildman–Crippen LogP) is 4.67. The summed E-state index contributed by atoms with van der Waals surface area (Å²) in [5, 5.41) is 3.87. The Morgan fingerprint density at radius 3 is 2.62 bits per heavy atom. The Hall–Kier alpha value is -0.0800. The van der Waals surface area contributed by atoms with Crippen LogP contribution in [0.2, 0.25) is 0 Å². The Morgan fingerprint density at radius 2 is 1.81 bits per heavy atom. The monoisotopic (exact) mass is 293 g/mol. The Kier molecular flexibility index (Phi) is 5.61. The molecule has 3 unspecified atom stereocenters. The second-order valence-electron chi connectivity index (χ2n) is 7.85. The maximum absolute atomic E-state index is 6.32. The highest BCUT2D eigenvalue weighted by Crippen LogP contribution is 2.45. The molecule has 0 aromatic carbocycles. The van der Waals surface area contributed by atoms with E-state index in [1.165, 1.54) is 83.6 Å². The molecule has 1 spiro atoms. The van der Waals surface area contributed by atoms with Crippen LogP contribution in [0.25, 0.3) is 0 Å². The number of hydrogen-bond donors (Lipinski definition) is 1. The molecule has 1 heterocycles. The first kappa shape index (κ1) is 15.8. The van der Waals surface area contributed by atoms with Gasteiger partial charge < -0.3 is 10.1 Å². The van der Waals surface area contributed by atoms with Crippen LogP contribution in [0.1, 0.15) is 84.0 Å². The molecule has 1 aliphatic heterocycles. The highest BCUT2D eigenvalue weighted by atomic mass is 16.5. The first-order valence-electron chi connectivity index (χ1n) is 9.70. The molecule has 3 rings (SSSR count). The van der Waals surface area contributed by atoms with Crippen molar-refractivity contribution in [3.8, 4) is 0 Å². The van der Waals surface area contributed by atoms with Gasteiger partial charge in [-0.1, -0.05) is 39.0 Å². The molecule has 21 heavy (non-hydrogen) atoms. The van der Waals surface area contributed by atoms with Crippen molar-refractivity contribution >= 4 is 0 Å². The molecule has 2 nitrogen and oxygen atoms in total. The van der Waals surface area contributed by atoms with Crippen molar-refractivity contribution in [3.63, 3.8) is 0 Å². The summed E-state index contributed by atoms with van der Waals surface area (Å²) in [4.78, 5) is 0. The summed E-state index contributed by atoms with van der Waals surface area (Å²) in [5.74, 6) is 1.85. The van der Waals surface area contributed by atoms with Crippen LogP contribution >= 0.6 is 0 Å². The summed E-state index contributed by atoms with van der Waals surface area (Å²) in [6.07, 6.45) is 16.6. The Labute approximate surface area is 131 Å². The van der Waals surface area contributed by atoms with Gasteiger partial charge in [-0.15, -0.1) is 0 Å². The van der Waals surface area contributed by atoms with E-state index in [0.717, 1.165) is 24.5 Å². The first-order chi connectivity index (χ1) is 10.3. The summed E-state index contributed by atoms with van der Waals surface area (Å²) in [5.41, 5.74) is 0.286. The predicted molar refractivity (Wildman–Crippen MR) is 88.5 cm³/mol. The second kappa shape index (κ2) is 7.46. The molecule has 3 aliphatic rings. The zero-order chi connectivity index (χ0) is 14.5. The molecule has 0 radical (unpaired) electrons. The fourth-order valence-corrected chi connectivity index (χ4v) is 5.28. The van der Waals surface area contributed by atoms with Crippen LogP contribution < -0.4 is 5.32 Å². The van der Waals surface area contributed by atoms with E-state index in [2.05, 4.69) is 12.2 Å². The highest BCUT2D eigenvalue weighted by Gasteiger charge is 2.42. The molecule has 3 atom stereocenters. The summed E-state index contributed by atoms with van der Waals surface area (Å²) in [6.45, 7) is 4.52. The smallest absolute Gasteiger partial charge is 0.0685 e. The Balaban J connectivity index is 1.63. The van der Waals surface area contributed by atoms with Gasteiger partial charge in [0.25, 0.3) is 0 Å². The van der Waals surface area contributed by atoms with Gasteiger partial charge in [0.1, 0.15) is 0 Å². The van der Waals surface area contributed by atoms with E-state index in [1.807, 2.05) is 0 Å². The van der Waals surface area contributed by atoms with Gasteiger partial charge in [-0.2, -0.15) is 0 Å². The van der Waals surface area contributed by atoms with Crippen LogP contribution in [0, 0.1) is 11.8 Å². The van der Waals surface area contributed by atoms with Crippen molar-refractivity contribution in [1.82, 2.24) is 5.32 Å². The van der Waals surface area contributed by atoms with E-state index in [-0.39, 0.29) is 5.60 Å². The maximum Gasteiger partial charge on any atom is 0.0685 e. The van der Waals surface area contributed by atoms with Gasteiger partial charge in [-0.25, -0.2) is 0 Å². The third kappa shape index (κ3) is 3.82. The second-order valence-corrected chi connectivity index (χ2v) is 7.85. The van der Waals surface area contributed by atoms with Crippen LogP contribution in [-0.4, -0.2) is 24.8 Å². The molecular formula is C19H35NO. The van der Waals surface area contributed by atoms with Crippen LogP contribution in [-0.2, 0) is 4.74 Å². The SMILES string of the molecule is CCCNC1CCCCC1C1CCOC2(CCCCC2)C1. The molecule has 2 aliphatic carbocycles. The Morgan fingerprint density at radius 1 is 1.00 bits per heavy atom. The summed E-state index contributed by atoms with van der Waals surface area (Å²) in [7, 11) is 0. The lowest BCUT2D eigenvalue weighted by Crippen LogP contribution is -2.48. The van der Waals surface area contributed by atoms with Crippen molar-refractivity contribution in [1.29, 1.82) is 0 Å². The van der Waals surface area contributed by atoms with Crippen LogP contribution in [0.4, 0.5) is 0 Å². The fraction of sp³-hybridized carbons (Fsp3) is 1.00. The van der Waals surface area contributed by atoms with E-state index in [4.69, 9.17) is 4.74 Å². The lowest BCUT2D eigenvalue weighted by molar-refractivity contribution is -0.128. The zero-order valence-electron chi connectivity index (χ0n) is 14.0. The number of rotatable bonds is 4. The van der Waals surface area contributed by atoms with Crippen LogP contribution in [0.3, 0.4) is 0 Å². The topological polar surface area (TPSA) is 21.3 Å². The zero-order valence-corrected chi connectivity index (χ0v) is 14.0. The van der Waals surface area contributed by atoms with Gasteiger partial charge in [0.05, 0.1) is 5.60 Å². The minimum atomic E-state index is 0.286. The average molecular weight is 293 g/mol. The molecule has 0 aromatic rings. The molecule has 1 saturated heterocycles. The van der Waals surface area contributed by atoms with Crippen molar-refractivity contribution in [2.24, 2.45) is 11.8 Å². The molecule has 0 aromatic heterocycles. The largest absolute Gasteiger partial charge is 0.375 e. The van der Waals surface area contributed by atoms with E-state index in [9.17, 15) is 0 Å². The minimum absolute atomic E-state index is 0.286. The lowest BCUT2D eigenvalue weighted by atomic mass is 9.67. The number of nitrogens with one attached hydrogen (secondary N) is 1. The quantitative estimate of drug-likeness (QED) is 0.813. The lowest BCUT2D eigenvalue weighted by Gasteiger charge is -2.48. The maximum atomic E-state index is 6.32. The first-order valence-corrected chi connectivity index (χ1v) is 9.70. The van der Waals surface area contributed by atoms with Crippen molar-refractivity contribution in [3.05, 3.63) is 0 Å². The van der Waals surface area contributed by atoms with Gasteiger partial charge in [-0.3, -0.25) is 0 Å². The van der Waals surface area contributed by atoms with Gasteiger partial charge in [0, 0.05) is 12.6 Å². The molecule has 2 saturated carbocycles. The number of ether oxygens (including phenoxy) is 1. The molecule has 0 bridgehead atoms. The third-order valence-corrected chi connectivity index (χ3v) is 6.38. The standard InChI is InChI=1S/C19H35NO/c1-2-13-20-18-9-5-4-8-17(18)16-10-14-21-19(15-16)11-6-3-7-12-19/h16-18,20H,2-15H2,1H3. The highest BCUT2D eigenvalue weighted by molar-refractivity contribution is 4.94. The molecule has 122 valence electrons. The normalized spacial score (nSPS) is 36.7. The third-order valence-electron chi connectivity index (χ3n) is 6.38. The molecular weight excluding hydrogens is 258 g/mol. The van der Waals surface area contributed by atoms with Gasteiger partial charge in [0.2, 0.25) is 0 Å². The van der Waals surface area contributed by atoms with Crippen molar-refractivity contribution < 1.29 is 4.74 Å². The fourth-order valence-electron chi connectivity index (χ4n) is 5.28. The summed E-state index contributed by atoms with van der Waals surface area (Å²) >= 11 is 0. The van der Waals surface area contributed by atoms with Gasteiger partial charge >= 0.3 is 0 Å². The summed E-state index contributed by atoms with van der Waals surface area (Å²) < 4.78 is 6.32. The van der Waals surface area contributed by atoms with E-state index in [1.54, 1.807) is 0 Å². The average Bonchev–Trinajstić information content (AvgIpc) is 2.54. The van der Waals surface area contributed by atoms with Crippen LogP contribution in [0.5, 0.6) is 0 Å². The minimum Gasteiger partial charge on any atom is -0.375 e. The van der Waals surface area contributed by atoms with Crippen LogP contribution in [0.15, 0.2) is 0 Å². The van der Waals surface area contributed by atoms with E-state index >= 15 is 0 Å². The van der Waals surface area contributed by atoms with E-state index < -0.39 is 0 Å².